The van der Waals surface area contributed by atoms with Gasteiger partial charge in [0.15, 0.2) is 0 Å². The Balaban J connectivity index is -0.0000000526. The number of rotatable bonds is 2. The average Bonchev–Trinajstić information content (AvgIpc) is 3.35. The topological polar surface area (TPSA) is 109 Å². The zero-order chi connectivity index (χ0) is 23.4. The molecule has 0 heterocycles. The summed E-state index contributed by atoms with van der Waals surface area (Å²) < 4.78 is 43.2. The molecule has 0 amide bonds. The molecular weight excluding hydrogens is 484 g/mol. The quantitative estimate of drug-likeness (QED) is 0.237. The van der Waals surface area contributed by atoms with Crippen molar-refractivity contribution in [3.8, 4) is 0 Å². The van der Waals surface area contributed by atoms with Crippen LogP contribution in [0.3, 0.4) is 0 Å². The Morgan fingerprint density at radius 1 is 0.767 bits per heavy atom. The largest absolute Gasteiger partial charge is 2.00 e. The second-order valence-electron chi connectivity index (χ2n) is 5.17. The molecule has 0 saturated heterocycles. The fraction of sp³-hybridized carbons (Fsp3) is 0.190. The summed E-state index contributed by atoms with van der Waals surface area (Å²) in [6.07, 6.45) is 20.1. The minimum atomic E-state index is -1.42. The molecule has 0 bridgehead atoms. The van der Waals surface area contributed by atoms with Gasteiger partial charge in [0.1, 0.15) is 0 Å². The molecule has 0 spiro atoms. The molecule has 0 aromatic carbocycles. The first-order chi connectivity index (χ1) is 13.5. The first-order valence-electron chi connectivity index (χ1n) is 7.24. The van der Waals surface area contributed by atoms with E-state index < -0.39 is 8.32 Å². The first-order valence-corrected chi connectivity index (χ1v) is 10.7. The second kappa shape index (κ2) is 42.1. The van der Waals surface area contributed by atoms with Gasteiger partial charge in [-0.05, 0) is 58.0 Å². The van der Waals surface area contributed by atoms with E-state index in [1.807, 2.05) is 50.5 Å². The van der Waals surface area contributed by atoms with Gasteiger partial charge in [-0.25, -0.2) is 0 Å². The van der Waals surface area contributed by atoms with Gasteiger partial charge in [0.2, 0.25) is 8.32 Å². The zero-order valence-electron chi connectivity index (χ0n) is 17.0. The molecule has 2 rings (SSSR count). The Kier molecular flexibility index (Phi) is 65.7. The third-order valence-electron chi connectivity index (χ3n) is 2.28. The van der Waals surface area contributed by atoms with Crippen molar-refractivity contribution in [2.45, 2.75) is 26.6 Å². The maximum atomic E-state index is 7.50. The first kappa shape index (κ1) is 46.9. The molecule has 5 radical (unpaired) electrons. The van der Waals surface area contributed by atoms with E-state index in [0.717, 1.165) is 0 Å². The van der Waals surface area contributed by atoms with Crippen LogP contribution in [0.15, 0.2) is 36.1 Å². The number of allylic oxidation sites excluding steroid dienone is 5. The van der Waals surface area contributed by atoms with Crippen LogP contribution < -0.4 is 0 Å². The van der Waals surface area contributed by atoms with Crippen LogP contribution in [0.25, 0.3) is 0 Å². The van der Waals surface area contributed by atoms with Gasteiger partial charge in [-0.15, -0.1) is 35.8 Å². The van der Waals surface area contributed by atoms with E-state index in [-0.39, 0.29) is 34.4 Å². The fourth-order valence-electron chi connectivity index (χ4n) is 1.28. The predicted molar refractivity (Wildman–Crippen MR) is 101 cm³/mol. The fourth-order valence-corrected chi connectivity index (χ4v) is 1.76. The van der Waals surface area contributed by atoms with Crippen LogP contribution in [0.5, 0.6) is 0 Å². The molecule has 9 heteroatoms. The molecule has 0 N–H and O–H groups in total. The minimum Gasteiger partial charge on any atom is -0.0312 e. The molecule has 2 aliphatic carbocycles. The Labute approximate surface area is 203 Å². The normalized spacial score (nSPS) is 12.9. The van der Waals surface area contributed by atoms with Gasteiger partial charge in [-0.3, -0.25) is 0 Å². The van der Waals surface area contributed by atoms with Gasteiger partial charge in [-0.1, -0.05) is 6.92 Å². The van der Waals surface area contributed by atoms with Crippen molar-refractivity contribution in [2.24, 2.45) is 0 Å². The SMILES string of the molecule is C[C-]1C=CC=C/C1=C\O[Si](C)(C)C.[C-]#[O+].[C-]#[O+].[C-]#[O+].[C-]#[O+].[C-]#[O+].[CH]1[CH][CH][CH][CH]1.[Cr].[Fe+2]. The van der Waals surface area contributed by atoms with E-state index >= 15 is 0 Å². The molecule has 1 fully saturated rings. The van der Waals surface area contributed by atoms with Crippen LogP contribution in [0.1, 0.15) is 6.92 Å². The molecule has 0 aliphatic heterocycles. The van der Waals surface area contributed by atoms with Gasteiger partial charge in [0, 0.05) is 17.4 Å². The van der Waals surface area contributed by atoms with E-state index in [9.17, 15) is 0 Å². The molecule has 6 nitrogen and oxygen atoms in total. The van der Waals surface area contributed by atoms with Crippen LogP contribution >= 0.6 is 0 Å². The van der Waals surface area contributed by atoms with Crippen molar-refractivity contribution in [2.75, 3.05) is 0 Å². The van der Waals surface area contributed by atoms with Crippen molar-refractivity contribution >= 4 is 8.32 Å². The van der Waals surface area contributed by atoms with Crippen molar-refractivity contribution in [3.05, 3.63) is 107 Å². The van der Waals surface area contributed by atoms with Gasteiger partial charge in [0.05, 0.1) is 0 Å². The number of hydrogen-bond donors (Lipinski definition) is 0. The van der Waals surface area contributed by atoms with Crippen LogP contribution in [0, 0.1) is 71.3 Å². The second-order valence-corrected chi connectivity index (χ2v) is 9.63. The third kappa shape index (κ3) is 41.3. The van der Waals surface area contributed by atoms with E-state index in [4.69, 9.17) is 27.7 Å². The summed E-state index contributed by atoms with van der Waals surface area (Å²) in [6.45, 7) is 31.1. The Bertz CT molecular complexity index is 482. The standard InChI is InChI=1S/C11H17OSi.C5H5.5CO.Cr.Fe/c1-10-7-5-6-8-11(10)9-12-13(2,3)4;1-2-4-5-3-1;5*1-2;;/h5-9H,1-4H3;1-5H;;;;;;;/q-1;;;;;;;;+2/b11-9+;;;;;;;;. The predicted octanol–water partition coefficient (Wildman–Crippen LogP) is 4.27. The van der Waals surface area contributed by atoms with E-state index in [1.54, 1.807) is 0 Å². The zero-order valence-corrected chi connectivity index (χ0v) is 20.4. The summed E-state index contributed by atoms with van der Waals surface area (Å²) in [5, 5.41) is 0. The monoisotopic (exact) mass is 506 g/mol. The summed E-state index contributed by atoms with van der Waals surface area (Å²) in [5.41, 5.74) is 1.19. The molecule has 30 heavy (non-hydrogen) atoms. The maximum Gasteiger partial charge on any atom is 2.00 e. The Morgan fingerprint density at radius 2 is 1.10 bits per heavy atom. The Hall–Kier alpha value is -1.14. The smallest absolute Gasteiger partial charge is 0.0312 e. The van der Waals surface area contributed by atoms with E-state index in [0.29, 0.717) is 0 Å². The summed E-state index contributed by atoms with van der Waals surface area (Å²) in [5.74, 6) is 1.26. The van der Waals surface area contributed by atoms with Gasteiger partial charge in [0.25, 0.3) is 0 Å². The molecule has 0 unspecified atom stereocenters. The van der Waals surface area contributed by atoms with Crippen molar-refractivity contribution in [1.29, 1.82) is 0 Å². The van der Waals surface area contributed by atoms with Gasteiger partial charge < -0.3 is 4.43 Å². The molecular formula is C21H22CrFeO6Si+. The summed E-state index contributed by atoms with van der Waals surface area (Å²) >= 11 is 0. The van der Waals surface area contributed by atoms with Crippen LogP contribution in [0.2, 0.25) is 19.6 Å². The summed E-state index contributed by atoms with van der Waals surface area (Å²) in [4.78, 5) is 0. The number of hydrogen-bond acceptors (Lipinski definition) is 1. The van der Waals surface area contributed by atoms with Crippen molar-refractivity contribution in [1.82, 2.24) is 0 Å². The molecule has 0 aromatic rings. The van der Waals surface area contributed by atoms with Crippen LogP contribution in [-0.2, 0) is 62.1 Å². The van der Waals surface area contributed by atoms with E-state index in [1.165, 1.54) is 11.5 Å². The average molecular weight is 506 g/mol. The van der Waals surface area contributed by atoms with Crippen LogP contribution in [0.4, 0.5) is 0 Å². The molecule has 0 aromatic heterocycles. The van der Waals surface area contributed by atoms with E-state index in [2.05, 4.69) is 72.0 Å². The van der Waals surface area contributed by atoms with Crippen LogP contribution in [-0.4, -0.2) is 8.32 Å². The van der Waals surface area contributed by atoms with Gasteiger partial charge in [-0.2, -0.15) is 0 Å². The third-order valence-corrected chi connectivity index (χ3v) is 3.11. The molecule has 159 valence electrons. The summed E-state index contributed by atoms with van der Waals surface area (Å²) in [7, 11) is -1.42. The molecule has 0 atom stereocenters. The maximum absolute atomic E-state index is 7.50. The summed E-state index contributed by atoms with van der Waals surface area (Å²) in [6, 6.07) is 0. The van der Waals surface area contributed by atoms with Crippen molar-refractivity contribution < 1.29 is 62.1 Å². The van der Waals surface area contributed by atoms with Crippen molar-refractivity contribution in [3.63, 3.8) is 0 Å². The van der Waals surface area contributed by atoms with Gasteiger partial charge >= 0.3 is 73.6 Å². The minimum absolute atomic E-state index is 0. The Morgan fingerprint density at radius 3 is 1.37 bits per heavy atom. The molecule has 2 aliphatic rings. The molecule has 1 saturated carbocycles.